The van der Waals surface area contributed by atoms with Crippen molar-refractivity contribution in [1.29, 1.82) is 0 Å². The molecule has 0 radical (unpaired) electrons. The van der Waals surface area contributed by atoms with E-state index in [2.05, 4.69) is 10.3 Å². The number of rotatable bonds is 3. The van der Waals surface area contributed by atoms with E-state index in [-0.39, 0.29) is 16.8 Å². The molecule has 8 heteroatoms. The number of carbonyl (C=O) groups excluding carboxylic acids is 1. The Kier molecular flexibility index (Phi) is 4.07. The molecule has 1 aromatic carbocycles. The van der Waals surface area contributed by atoms with Gasteiger partial charge in [0, 0.05) is 18.7 Å². The summed E-state index contributed by atoms with van der Waals surface area (Å²) < 4.78 is 1.56. The third-order valence-corrected chi connectivity index (χ3v) is 5.67. The number of nitro benzene ring substituents is 1. The predicted molar refractivity (Wildman–Crippen MR) is 82.8 cm³/mol. The Morgan fingerprint density at radius 3 is 3.10 bits per heavy atom. The number of non-ortho nitro benzene ring substituents is 1. The highest BCUT2D eigenvalue weighted by atomic mass is 32.2. The van der Waals surface area contributed by atoms with Gasteiger partial charge in [-0.25, -0.2) is 4.98 Å². The Balaban J connectivity index is 1.83. The lowest BCUT2D eigenvalue weighted by atomic mass is 10.2. The number of hydrogen-bond donors (Lipinski definition) is 1. The number of amides is 1. The molecule has 1 N–H and O–H groups in total. The first-order valence-electron chi connectivity index (χ1n) is 6.63. The van der Waals surface area contributed by atoms with Crippen LogP contribution in [0.3, 0.4) is 0 Å². The van der Waals surface area contributed by atoms with Crippen LogP contribution in [0.4, 0.5) is 5.69 Å². The second-order valence-corrected chi connectivity index (χ2v) is 7.26. The van der Waals surface area contributed by atoms with E-state index in [1.54, 1.807) is 6.07 Å². The molecule has 0 bridgehead atoms. The Morgan fingerprint density at radius 2 is 2.29 bits per heavy atom. The number of carbonyl (C=O) groups is 1. The molecule has 21 heavy (non-hydrogen) atoms. The first kappa shape index (κ1) is 14.3. The number of nitrogens with one attached hydrogen (secondary N) is 1. The van der Waals surface area contributed by atoms with Gasteiger partial charge in [-0.05, 0) is 18.9 Å². The van der Waals surface area contributed by atoms with Crippen molar-refractivity contribution in [2.75, 3.05) is 6.54 Å². The van der Waals surface area contributed by atoms with Gasteiger partial charge in [0.1, 0.15) is 0 Å². The summed E-state index contributed by atoms with van der Waals surface area (Å²) in [5.41, 5.74) is 0.803. The number of benzene rings is 1. The fourth-order valence-electron chi connectivity index (χ4n) is 2.20. The van der Waals surface area contributed by atoms with E-state index >= 15 is 0 Å². The van der Waals surface area contributed by atoms with Crippen molar-refractivity contribution in [1.82, 2.24) is 10.3 Å². The lowest BCUT2D eigenvalue weighted by Crippen LogP contribution is -2.30. The molecule has 0 unspecified atom stereocenters. The van der Waals surface area contributed by atoms with Crippen molar-refractivity contribution in [3.63, 3.8) is 0 Å². The van der Waals surface area contributed by atoms with Gasteiger partial charge < -0.3 is 5.32 Å². The van der Waals surface area contributed by atoms with Crippen LogP contribution in [0, 0.1) is 10.1 Å². The largest absolute Gasteiger partial charge is 0.355 e. The fourth-order valence-corrected chi connectivity index (χ4v) is 4.61. The zero-order valence-electron chi connectivity index (χ0n) is 11.1. The maximum atomic E-state index is 11.9. The third kappa shape index (κ3) is 3.16. The minimum atomic E-state index is -0.412. The van der Waals surface area contributed by atoms with Gasteiger partial charge >= 0.3 is 0 Å². The fraction of sp³-hybridized carbons (Fsp3) is 0.385. The second-order valence-electron chi connectivity index (χ2n) is 4.78. The van der Waals surface area contributed by atoms with Gasteiger partial charge in [0.2, 0.25) is 5.91 Å². The second kappa shape index (κ2) is 5.98. The van der Waals surface area contributed by atoms with E-state index in [9.17, 15) is 14.9 Å². The molecule has 110 valence electrons. The summed E-state index contributed by atoms with van der Waals surface area (Å²) in [5, 5.41) is 13.6. The smallest absolute Gasteiger partial charge is 0.270 e. The maximum Gasteiger partial charge on any atom is 0.270 e. The molecule has 1 atom stereocenters. The topological polar surface area (TPSA) is 85.1 Å². The van der Waals surface area contributed by atoms with E-state index in [4.69, 9.17) is 0 Å². The molecule has 0 saturated carbocycles. The van der Waals surface area contributed by atoms with Gasteiger partial charge in [0.25, 0.3) is 5.69 Å². The van der Waals surface area contributed by atoms with E-state index in [0.29, 0.717) is 0 Å². The number of thiazole rings is 1. The minimum absolute atomic E-state index is 0.0581. The van der Waals surface area contributed by atoms with Gasteiger partial charge in [-0.15, -0.1) is 11.3 Å². The van der Waals surface area contributed by atoms with Crippen LogP contribution in [0.25, 0.3) is 10.2 Å². The van der Waals surface area contributed by atoms with Crippen LogP contribution in [-0.2, 0) is 4.79 Å². The van der Waals surface area contributed by atoms with Gasteiger partial charge in [0.15, 0.2) is 4.34 Å². The molecule has 1 amide bonds. The molecule has 1 aromatic heterocycles. The molecular formula is C13H13N3O3S2. The van der Waals surface area contributed by atoms with Crippen molar-refractivity contribution in [2.24, 2.45) is 0 Å². The number of aromatic nitrogens is 1. The summed E-state index contributed by atoms with van der Waals surface area (Å²) in [6, 6.07) is 4.64. The lowest BCUT2D eigenvalue weighted by molar-refractivity contribution is -0.384. The minimum Gasteiger partial charge on any atom is -0.355 e. The summed E-state index contributed by atoms with van der Waals surface area (Å²) in [6.07, 6.45) is 2.87. The zero-order valence-corrected chi connectivity index (χ0v) is 12.7. The first-order valence-corrected chi connectivity index (χ1v) is 8.32. The summed E-state index contributed by atoms with van der Waals surface area (Å²) in [7, 11) is 0. The Bertz CT molecular complexity index is 701. The van der Waals surface area contributed by atoms with Crippen LogP contribution in [0.2, 0.25) is 0 Å². The summed E-state index contributed by atoms with van der Waals surface area (Å²) in [4.78, 5) is 26.8. The van der Waals surface area contributed by atoms with E-state index < -0.39 is 4.92 Å². The standard InChI is InChI=1S/C13H13N3O3S2/c17-12-10(3-1-2-6-14-12)20-13-15-9-5-4-8(16(18)19)7-11(9)21-13/h4-5,7,10H,1-3,6H2,(H,14,17)/t10-/m0/s1. The Labute approximate surface area is 129 Å². The van der Waals surface area contributed by atoms with Crippen LogP contribution < -0.4 is 5.32 Å². The number of fused-ring (bicyclic) bond motifs is 1. The quantitative estimate of drug-likeness (QED) is 0.693. The highest BCUT2D eigenvalue weighted by Gasteiger charge is 2.23. The van der Waals surface area contributed by atoms with Gasteiger partial charge in [0.05, 0.1) is 20.4 Å². The molecule has 1 saturated heterocycles. The van der Waals surface area contributed by atoms with Crippen LogP contribution in [0.15, 0.2) is 22.5 Å². The van der Waals surface area contributed by atoms with Crippen LogP contribution >= 0.6 is 23.1 Å². The van der Waals surface area contributed by atoms with Crippen molar-refractivity contribution in [2.45, 2.75) is 28.9 Å². The zero-order chi connectivity index (χ0) is 14.8. The van der Waals surface area contributed by atoms with E-state index in [1.165, 1.54) is 35.2 Å². The molecule has 0 aliphatic carbocycles. The number of thioether (sulfide) groups is 1. The number of nitro groups is 1. The van der Waals surface area contributed by atoms with E-state index in [1.807, 2.05) is 0 Å². The van der Waals surface area contributed by atoms with Crippen molar-refractivity contribution in [3.8, 4) is 0 Å². The molecular weight excluding hydrogens is 310 g/mol. The summed E-state index contributed by atoms with van der Waals surface area (Å²) in [6.45, 7) is 0.738. The molecule has 6 nitrogen and oxygen atoms in total. The molecule has 3 rings (SSSR count). The van der Waals surface area contributed by atoms with Crippen LogP contribution in [-0.4, -0.2) is 27.6 Å². The highest BCUT2D eigenvalue weighted by Crippen LogP contribution is 2.35. The average molecular weight is 323 g/mol. The normalized spacial score (nSPS) is 19.2. The molecule has 0 spiro atoms. The molecule has 1 aliphatic heterocycles. The molecule has 2 aromatic rings. The molecule has 1 aliphatic rings. The van der Waals surface area contributed by atoms with Crippen LogP contribution in [0.1, 0.15) is 19.3 Å². The van der Waals surface area contributed by atoms with Gasteiger partial charge in [-0.3, -0.25) is 14.9 Å². The molecule has 2 heterocycles. The first-order chi connectivity index (χ1) is 10.1. The Morgan fingerprint density at radius 1 is 1.43 bits per heavy atom. The predicted octanol–water partition coefficient (Wildman–Crippen LogP) is 2.97. The average Bonchev–Trinajstić information content (AvgIpc) is 2.75. The highest BCUT2D eigenvalue weighted by molar-refractivity contribution is 8.02. The van der Waals surface area contributed by atoms with Gasteiger partial charge in [-0.2, -0.15) is 0 Å². The SMILES string of the molecule is O=C1NCCCC[C@@H]1Sc1nc2ccc([N+](=O)[O-])cc2s1. The van der Waals surface area contributed by atoms with Crippen molar-refractivity contribution in [3.05, 3.63) is 28.3 Å². The van der Waals surface area contributed by atoms with Gasteiger partial charge in [-0.1, -0.05) is 18.2 Å². The maximum absolute atomic E-state index is 11.9. The monoisotopic (exact) mass is 323 g/mol. The lowest BCUT2D eigenvalue weighted by Gasteiger charge is -2.09. The summed E-state index contributed by atoms with van der Waals surface area (Å²) >= 11 is 2.85. The van der Waals surface area contributed by atoms with Crippen LogP contribution in [0.5, 0.6) is 0 Å². The van der Waals surface area contributed by atoms with Crippen molar-refractivity contribution < 1.29 is 9.72 Å². The Hall–Kier alpha value is -1.67. The molecule has 1 fully saturated rings. The third-order valence-electron chi connectivity index (χ3n) is 3.29. The number of hydrogen-bond acceptors (Lipinski definition) is 6. The summed E-state index contributed by atoms with van der Waals surface area (Å²) in [5.74, 6) is 0.0581. The number of nitrogens with zero attached hydrogens (tertiary/aromatic N) is 2. The van der Waals surface area contributed by atoms with E-state index in [0.717, 1.165) is 40.4 Å². The van der Waals surface area contributed by atoms with Crippen molar-refractivity contribution >= 4 is 44.9 Å².